The monoisotopic (exact) mass is 274 g/mol. The lowest BCUT2D eigenvalue weighted by Gasteiger charge is -2.09. The topological polar surface area (TPSA) is 45.8 Å². The third-order valence-corrected chi connectivity index (χ3v) is 5.13. The highest BCUT2D eigenvalue weighted by molar-refractivity contribution is 7.99. The molecule has 1 saturated carbocycles. The van der Waals surface area contributed by atoms with E-state index in [2.05, 4.69) is 9.97 Å². The van der Waals surface area contributed by atoms with E-state index in [9.17, 15) is 4.79 Å². The normalized spacial score (nSPS) is 16.3. The van der Waals surface area contributed by atoms with E-state index in [-0.39, 0.29) is 5.56 Å². The number of aromatic nitrogens is 2. The van der Waals surface area contributed by atoms with Crippen molar-refractivity contribution in [3.8, 4) is 0 Å². The fourth-order valence-corrected chi connectivity index (χ4v) is 3.87. The molecule has 3 nitrogen and oxygen atoms in total. The zero-order valence-electron chi connectivity index (χ0n) is 11.1. The summed E-state index contributed by atoms with van der Waals surface area (Å²) in [7, 11) is 0. The molecule has 0 aliphatic heterocycles. The molecule has 0 spiro atoms. The third-order valence-electron chi connectivity index (χ3n) is 3.74. The highest BCUT2D eigenvalue weighted by atomic mass is 32.2. The Labute approximate surface area is 116 Å². The van der Waals surface area contributed by atoms with Crippen molar-refractivity contribution in [2.75, 3.05) is 0 Å². The number of aryl methyl sites for hydroxylation is 1. The van der Waals surface area contributed by atoms with Crippen molar-refractivity contribution in [1.29, 1.82) is 0 Å². The molecule has 1 N–H and O–H groups in total. The molecule has 0 radical (unpaired) electrons. The van der Waals surface area contributed by atoms with Crippen molar-refractivity contribution >= 4 is 22.7 Å². The molecule has 1 aromatic heterocycles. The molecule has 3 rings (SSSR count). The van der Waals surface area contributed by atoms with Gasteiger partial charge >= 0.3 is 0 Å². The maximum absolute atomic E-state index is 12.0. The quantitative estimate of drug-likeness (QED) is 0.933. The van der Waals surface area contributed by atoms with Gasteiger partial charge in [-0.1, -0.05) is 25.0 Å². The van der Waals surface area contributed by atoms with Crippen LogP contribution in [0.2, 0.25) is 0 Å². The summed E-state index contributed by atoms with van der Waals surface area (Å²) in [4.78, 5) is 19.6. The van der Waals surface area contributed by atoms with Crippen LogP contribution in [0.3, 0.4) is 0 Å². The maximum atomic E-state index is 12.0. The molecule has 1 fully saturated rings. The second kappa shape index (κ2) is 5.37. The zero-order chi connectivity index (χ0) is 13.2. The molecule has 0 unspecified atom stereocenters. The summed E-state index contributed by atoms with van der Waals surface area (Å²) >= 11 is 1.93. The molecule has 1 aliphatic carbocycles. The molecule has 0 amide bonds. The van der Waals surface area contributed by atoms with E-state index in [1.807, 2.05) is 36.9 Å². The third kappa shape index (κ3) is 2.68. The smallest absolute Gasteiger partial charge is 0.258 e. The Kier molecular flexibility index (Phi) is 3.60. The highest BCUT2D eigenvalue weighted by Crippen LogP contribution is 2.30. The predicted molar refractivity (Wildman–Crippen MR) is 80.7 cm³/mol. The molecule has 0 saturated heterocycles. The van der Waals surface area contributed by atoms with Crippen molar-refractivity contribution in [2.24, 2.45) is 0 Å². The SMILES string of the molecule is Cc1cccc2c(=O)[nH]c(CSC3CCCC3)nc12. The van der Waals surface area contributed by atoms with Gasteiger partial charge in [0.1, 0.15) is 5.82 Å². The van der Waals surface area contributed by atoms with Gasteiger partial charge in [-0.3, -0.25) is 4.79 Å². The Bertz CT molecular complexity index is 644. The minimum atomic E-state index is -0.0179. The van der Waals surface area contributed by atoms with Gasteiger partial charge in [-0.15, -0.1) is 0 Å². The van der Waals surface area contributed by atoms with Crippen molar-refractivity contribution in [2.45, 2.75) is 43.6 Å². The van der Waals surface area contributed by atoms with Gasteiger partial charge in [0.2, 0.25) is 0 Å². The first-order valence-electron chi connectivity index (χ1n) is 6.84. The van der Waals surface area contributed by atoms with E-state index in [1.165, 1.54) is 25.7 Å². The highest BCUT2D eigenvalue weighted by Gasteiger charge is 2.16. The van der Waals surface area contributed by atoms with Crippen LogP contribution < -0.4 is 5.56 Å². The first-order valence-corrected chi connectivity index (χ1v) is 7.89. The minimum absolute atomic E-state index is 0.0179. The van der Waals surface area contributed by atoms with Crippen LogP contribution in [0, 0.1) is 6.92 Å². The van der Waals surface area contributed by atoms with E-state index in [0.29, 0.717) is 5.39 Å². The average molecular weight is 274 g/mol. The fourth-order valence-electron chi connectivity index (χ4n) is 2.67. The van der Waals surface area contributed by atoms with E-state index in [1.54, 1.807) is 0 Å². The summed E-state index contributed by atoms with van der Waals surface area (Å²) < 4.78 is 0. The summed E-state index contributed by atoms with van der Waals surface area (Å²) in [6, 6.07) is 5.74. The van der Waals surface area contributed by atoms with Gasteiger partial charge < -0.3 is 4.98 Å². The number of rotatable bonds is 3. The Morgan fingerprint density at radius 1 is 1.37 bits per heavy atom. The molecular weight excluding hydrogens is 256 g/mol. The summed E-state index contributed by atoms with van der Waals surface area (Å²) in [5, 5.41) is 1.44. The first-order chi connectivity index (χ1) is 9.24. The van der Waals surface area contributed by atoms with Crippen molar-refractivity contribution in [3.05, 3.63) is 39.9 Å². The van der Waals surface area contributed by atoms with Crippen LogP contribution in [0.1, 0.15) is 37.1 Å². The van der Waals surface area contributed by atoms with Crippen LogP contribution in [-0.2, 0) is 5.75 Å². The number of thioether (sulfide) groups is 1. The number of para-hydroxylation sites is 1. The Morgan fingerprint density at radius 2 is 2.16 bits per heavy atom. The number of hydrogen-bond acceptors (Lipinski definition) is 3. The predicted octanol–water partition coefficient (Wildman–Crippen LogP) is 3.41. The minimum Gasteiger partial charge on any atom is -0.309 e. The zero-order valence-corrected chi connectivity index (χ0v) is 11.9. The molecule has 0 bridgehead atoms. The average Bonchev–Trinajstić information content (AvgIpc) is 2.91. The van der Waals surface area contributed by atoms with Crippen LogP contribution in [0.15, 0.2) is 23.0 Å². The van der Waals surface area contributed by atoms with Gasteiger partial charge in [-0.05, 0) is 31.4 Å². The van der Waals surface area contributed by atoms with Crippen LogP contribution in [0.5, 0.6) is 0 Å². The number of H-pyrrole nitrogens is 1. The molecule has 1 heterocycles. The summed E-state index contributed by atoms with van der Waals surface area (Å²) in [5.41, 5.74) is 1.89. The Balaban J connectivity index is 1.87. The largest absolute Gasteiger partial charge is 0.309 e. The van der Waals surface area contributed by atoms with E-state index < -0.39 is 0 Å². The van der Waals surface area contributed by atoms with Crippen molar-refractivity contribution < 1.29 is 0 Å². The van der Waals surface area contributed by atoms with Crippen LogP contribution in [0.25, 0.3) is 10.9 Å². The second-order valence-electron chi connectivity index (χ2n) is 5.20. The maximum Gasteiger partial charge on any atom is 0.258 e. The van der Waals surface area contributed by atoms with Gasteiger partial charge in [0, 0.05) is 5.25 Å². The lowest BCUT2D eigenvalue weighted by Crippen LogP contribution is -2.12. The molecule has 0 atom stereocenters. The van der Waals surface area contributed by atoms with E-state index in [4.69, 9.17) is 0 Å². The number of aromatic amines is 1. The van der Waals surface area contributed by atoms with Crippen LogP contribution in [-0.4, -0.2) is 15.2 Å². The molecule has 100 valence electrons. The summed E-state index contributed by atoms with van der Waals surface area (Å²) in [6.45, 7) is 2.00. The van der Waals surface area contributed by atoms with Gasteiger partial charge in [-0.25, -0.2) is 4.98 Å². The fraction of sp³-hybridized carbons (Fsp3) is 0.467. The molecule has 19 heavy (non-hydrogen) atoms. The van der Waals surface area contributed by atoms with Crippen LogP contribution in [0.4, 0.5) is 0 Å². The molecule has 2 aromatic rings. The van der Waals surface area contributed by atoms with Crippen LogP contribution >= 0.6 is 11.8 Å². The molecule has 1 aliphatic rings. The van der Waals surface area contributed by atoms with Gasteiger partial charge in [0.05, 0.1) is 16.7 Å². The number of hydrogen-bond donors (Lipinski definition) is 1. The Hall–Kier alpha value is -1.29. The number of fused-ring (bicyclic) bond motifs is 1. The Morgan fingerprint density at radius 3 is 2.95 bits per heavy atom. The van der Waals surface area contributed by atoms with Crippen molar-refractivity contribution in [3.63, 3.8) is 0 Å². The summed E-state index contributed by atoms with van der Waals surface area (Å²) in [5.74, 6) is 1.62. The number of nitrogens with zero attached hydrogens (tertiary/aromatic N) is 1. The lowest BCUT2D eigenvalue weighted by molar-refractivity contribution is 0.886. The number of benzene rings is 1. The van der Waals surface area contributed by atoms with Crippen molar-refractivity contribution in [1.82, 2.24) is 9.97 Å². The van der Waals surface area contributed by atoms with E-state index >= 15 is 0 Å². The standard InChI is InChI=1S/C15H18N2OS/c1-10-5-4-8-12-14(10)16-13(17-15(12)18)9-19-11-6-2-3-7-11/h4-5,8,11H,2-3,6-7,9H2,1H3,(H,16,17,18). The first kappa shape index (κ1) is 12.7. The van der Waals surface area contributed by atoms with Gasteiger partial charge in [0.15, 0.2) is 0 Å². The number of nitrogens with one attached hydrogen (secondary N) is 1. The lowest BCUT2D eigenvalue weighted by atomic mass is 10.1. The molecule has 1 aromatic carbocycles. The second-order valence-corrected chi connectivity index (χ2v) is 6.49. The molecule has 4 heteroatoms. The molecular formula is C15H18N2OS. The summed E-state index contributed by atoms with van der Waals surface area (Å²) in [6.07, 6.45) is 5.31. The van der Waals surface area contributed by atoms with Gasteiger partial charge in [-0.2, -0.15) is 11.8 Å². The van der Waals surface area contributed by atoms with Gasteiger partial charge in [0.25, 0.3) is 5.56 Å². The van der Waals surface area contributed by atoms with E-state index in [0.717, 1.165) is 27.9 Å².